The van der Waals surface area contributed by atoms with Gasteiger partial charge in [-0.3, -0.25) is 0 Å². The molecule has 0 aliphatic heterocycles. The van der Waals surface area contributed by atoms with Crippen LogP contribution in [0.4, 0.5) is 5.95 Å². The van der Waals surface area contributed by atoms with Crippen molar-refractivity contribution >= 4 is 17.1 Å². The minimum absolute atomic E-state index is 0.631. The third kappa shape index (κ3) is 2.40. The van der Waals surface area contributed by atoms with Gasteiger partial charge in [0.2, 0.25) is 5.95 Å². The molecule has 1 aromatic carbocycles. The van der Waals surface area contributed by atoms with E-state index in [1.807, 2.05) is 22.8 Å². The Morgan fingerprint density at radius 3 is 2.79 bits per heavy atom. The van der Waals surface area contributed by atoms with E-state index in [1.165, 1.54) is 5.56 Å². The zero-order valence-corrected chi connectivity index (χ0v) is 10.7. The van der Waals surface area contributed by atoms with Gasteiger partial charge < -0.3 is 9.88 Å². The van der Waals surface area contributed by atoms with Crippen LogP contribution in [-0.4, -0.2) is 19.5 Å². The minimum Gasteiger partial charge on any atom is -0.350 e. The molecule has 3 aromatic rings. The lowest BCUT2D eigenvalue weighted by Gasteiger charge is -2.05. The Labute approximate surface area is 111 Å². The fourth-order valence-electron chi connectivity index (χ4n) is 1.95. The predicted molar refractivity (Wildman–Crippen MR) is 74.8 cm³/mol. The van der Waals surface area contributed by atoms with Crippen molar-refractivity contribution < 1.29 is 0 Å². The van der Waals surface area contributed by atoms with E-state index in [2.05, 4.69) is 39.3 Å². The maximum absolute atomic E-state index is 4.50. The summed E-state index contributed by atoms with van der Waals surface area (Å²) in [6.45, 7) is 3.64. The molecule has 5 nitrogen and oxygen atoms in total. The van der Waals surface area contributed by atoms with Gasteiger partial charge in [-0.15, -0.1) is 0 Å². The van der Waals surface area contributed by atoms with Crippen LogP contribution < -0.4 is 5.32 Å². The maximum atomic E-state index is 4.50. The zero-order valence-electron chi connectivity index (χ0n) is 10.7. The third-order valence-electron chi connectivity index (χ3n) is 2.99. The molecule has 96 valence electrons. The number of aromatic nitrogens is 4. The maximum Gasteiger partial charge on any atom is 0.225 e. The van der Waals surface area contributed by atoms with E-state index in [4.69, 9.17) is 0 Å². The average Bonchev–Trinajstić information content (AvgIpc) is 2.88. The highest BCUT2D eigenvalue weighted by Gasteiger charge is 2.05. The number of nitrogens with zero attached hydrogens (tertiary/aromatic N) is 4. The Kier molecular flexibility index (Phi) is 3.10. The fraction of sp³-hybridized carbons (Fsp3) is 0.214. The molecule has 0 spiro atoms. The normalized spacial score (nSPS) is 10.8. The Morgan fingerprint density at radius 2 is 2.00 bits per heavy atom. The summed E-state index contributed by atoms with van der Waals surface area (Å²) >= 11 is 0. The lowest BCUT2D eigenvalue weighted by atomic mass is 10.2. The molecule has 0 saturated heterocycles. The van der Waals surface area contributed by atoms with Crippen molar-refractivity contribution in [2.45, 2.75) is 20.0 Å². The van der Waals surface area contributed by atoms with E-state index in [-0.39, 0.29) is 0 Å². The van der Waals surface area contributed by atoms with Crippen molar-refractivity contribution in [3.8, 4) is 0 Å². The Hall–Kier alpha value is -2.43. The number of fused-ring (bicyclic) bond motifs is 1. The van der Waals surface area contributed by atoms with Crippen molar-refractivity contribution in [1.29, 1.82) is 0 Å². The molecule has 0 saturated carbocycles. The fourth-order valence-corrected chi connectivity index (χ4v) is 1.95. The first kappa shape index (κ1) is 11.6. The van der Waals surface area contributed by atoms with E-state index < -0.39 is 0 Å². The smallest absolute Gasteiger partial charge is 0.225 e. The third-order valence-corrected chi connectivity index (χ3v) is 2.99. The summed E-state index contributed by atoms with van der Waals surface area (Å²) in [5.74, 6) is 0.631. The van der Waals surface area contributed by atoms with Crippen LogP contribution in [0.5, 0.6) is 0 Å². The van der Waals surface area contributed by atoms with Gasteiger partial charge in [-0.1, -0.05) is 30.3 Å². The largest absolute Gasteiger partial charge is 0.350 e. The van der Waals surface area contributed by atoms with E-state index in [9.17, 15) is 0 Å². The molecule has 0 aliphatic rings. The van der Waals surface area contributed by atoms with Crippen molar-refractivity contribution in [2.24, 2.45) is 0 Å². The molecule has 2 aromatic heterocycles. The summed E-state index contributed by atoms with van der Waals surface area (Å²) in [5.41, 5.74) is 2.90. The van der Waals surface area contributed by atoms with Crippen LogP contribution in [0.15, 0.2) is 42.9 Å². The lowest BCUT2D eigenvalue weighted by Crippen LogP contribution is -2.04. The molecule has 0 bridgehead atoms. The summed E-state index contributed by atoms with van der Waals surface area (Å²) in [7, 11) is 0. The second-order valence-electron chi connectivity index (χ2n) is 4.27. The molecule has 0 unspecified atom stereocenters. The van der Waals surface area contributed by atoms with Crippen molar-refractivity contribution in [2.75, 3.05) is 5.32 Å². The number of aryl methyl sites for hydroxylation is 1. The summed E-state index contributed by atoms with van der Waals surface area (Å²) < 4.78 is 2.00. The van der Waals surface area contributed by atoms with Crippen LogP contribution in [0, 0.1) is 0 Å². The number of rotatable bonds is 4. The van der Waals surface area contributed by atoms with Crippen LogP contribution in [0.25, 0.3) is 11.2 Å². The highest BCUT2D eigenvalue weighted by Crippen LogP contribution is 2.11. The van der Waals surface area contributed by atoms with Gasteiger partial charge in [0, 0.05) is 13.1 Å². The van der Waals surface area contributed by atoms with Gasteiger partial charge in [0.05, 0.1) is 12.5 Å². The summed E-state index contributed by atoms with van der Waals surface area (Å²) in [6.07, 6.45) is 3.54. The van der Waals surface area contributed by atoms with Crippen LogP contribution in [-0.2, 0) is 13.1 Å². The lowest BCUT2D eigenvalue weighted by molar-refractivity contribution is 0.777. The first-order valence-electron chi connectivity index (χ1n) is 6.32. The SMILES string of the molecule is CCn1cnc2cnc(NCc3ccccc3)nc21. The van der Waals surface area contributed by atoms with Crippen LogP contribution in [0.1, 0.15) is 12.5 Å². The Bertz CT molecular complexity index is 675. The van der Waals surface area contributed by atoms with Gasteiger partial charge in [0.1, 0.15) is 5.52 Å². The second-order valence-corrected chi connectivity index (χ2v) is 4.27. The summed E-state index contributed by atoms with van der Waals surface area (Å²) in [4.78, 5) is 13.0. The van der Waals surface area contributed by atoms with Gasteiger partial charge >= 0.3 is 0 Å². The van der Waals surface area contributed by atoms with E-state index in [0.717, 1.165) is 17.7 Å². The molecular formula is C14H15N5. The first-order chi connectivity index (χ1) is 9.36. The van der Waals surface area contributed by atoms with Gasteiger partial charge in [0.15, 0.2) is 5.65 Å². The van der Waals surface area contributed by atoms with Gasteiger partial charge in [-0.05, 0) is 12.5 Å². The summed E-state index contributed by atoms with van der Waals surface area (Å²) in [5, 5.41) is 3.23. The molecule has 0 aliphatic carbocycles. The molecule has 0 atom stereocenters. The number of anilines is 1. The van der Waals surface area contributed by atoms with Crippen LogP contribution >= 0.6 is 0 Å². The monoisotopic (exact) mass is 253 g/mol. The number of nitrogens with one attached hydrogen (secondary N) is 1. The number of hydrogen-bond acceptors (Lipinski definition) is 4. The zero-order chi connectivity index (χ0) is 13.1. The van der Waals surface area contributed by atoms with Gasteiger partial charge in [-0.25, -0.2) is 9.97 Å². The molecule has 0 amide bonds. The van der Waals surface area contributed by atoms with E-state index in [1.54, 1.807) is 12.5 Å². The molecule has 19 heavy (non-hydrogen) atoms. The Balaban J connectivity index is 1.81. The van der Waals surface area contributed by atoms with Gasteiger partial charge in [0.25, 0.3) is 0 Å². The highest BCUT2D eigenvalue weighted by atomic mass is 15.2. The van der Waals surface area contributed by atoms with Crippen molar-refractivity contribution in [3.63, 3.8) is 0 Å². The molecule has 1 N–H and O–H groups in total. The molecule has 3 rings (SSSR count). The average molecular weight is 253 g/mol. The Morgan fingerprint density at radius 1 is 1.16 bits per heavy atom. The van der Waals surface area contributed by atoms with Gasteiger partial charge in [-0.2, -0.15) is 4.98 Å². The summed E-state index contributed by atoms with van der Waals surface area (Å²) in [6, 6.07) is 10.2. The molecular weight excluding hydrogens is 238 g/mol. The first-order valence-corrected chi connectivity index (χ1v) is 6.32. The highest BCUT2D eigenvalue weighted by molar-refractivity contribution is 5.70. The molecule has 0 fully saturated rings. The van der Waals surface area contributed by atoms with Crippen molar-refractivity contribution in [3.05, 3.63) is 48.4 Å². The van der Waals surface area contributed by atoms with E-state index in [0.29, 0.717) is 12.5 Å². The minimum atomic E-state index is 0.631. The van der Waals surface area contributed by atoms with Crippen LogP contribution in [0.2, 0.25) is 0 Å². The molecule has 5 heteroatoms. The standard InChI is InChI=1S/C14H15N5/c1-2-19-10-17-12-9-16-14(18-13(12)19)15-8-11-6-4-3-5-7-11/h3-7,9-10H,2,8H2,1H3,(H,15,16,18). The predicted octanol–water partition coefficient (Wildman–Crippen LogP) is 2.46. The molecule has 2 heterocycles. The van der Waals surface area contributed by atoms with E-state index >= 15 is 0 Å². The number of benzene rings is 1. The molecule has 0 radical (unpaired) electrons. The number of hydrogen-bond donors (Lipinski definition) is 1. The topological polar surface area (TPSA) is 55.6 Å². The van der Waals surface area contributed by atoms with Crippen molar-refractivity contribution in [1.82, 2.24) is 19.5 Å². The second kappa shape index (κ2) is 5.06. The quantitative estimate of drug-likeness (QED) is 0.776. The number of imidazole rings is 1. The van der Waals surface area contributed by atoms with Crippen LogP contribution in [0.3, 0.4) is 0 Å².